The van der Waals surface area contributed by atoms with Crippen LogP contribution in [0.25, 0.3) is 0 Å². The second-order valence-corrected chi connectivity index (χ2v) is 6.04. The van der Waals surface area contributed by atoms with E-state index in [4.69, 9.17) is 34.8 Å². The normalized spacial score (nSPS) is 12.7. The van der Waals surface area contributed by atoms with E-state index in [0.717, 1.165) is 14.8 Å². The largest absolute Gasteiger partial charge is 0.309 e. The zero-order valence-electron chi connectivity index (χ0n) is 9.01. The van der Waals surface area contributed by atoms with Crippen LogP contribution in [0.3, 0.4) is 0 Å². The highest BCUT2D eigenvalue weighted by molar-refractivity contribution is 7.16. The molecule has 1 aromatic carbocycles. The molecule has 0 radical (unpaired) electrons. The van der Waals surface area contributed by atoms with Crippen molar-refractivity contribution in [3.05, 3.63) is 55.2 Å². The fourth-order valence-corrected chi connectivity index (χ4v) is 3.29. The van der Waals surface area contributed by atoms with Crippen molar-refractivity contribution in [2.24, 2.45) is 0 Å². The van der Waals surface area contributed by atoms with Gasteiger partial charge < -0.3 is 5.32 Å². The van der Waals surface area contributed by atoms with Crippen LogP contribution in [0.15, 0.2) is 30.3 Å². The molecular weight excluding hydrogens is 297 g/mol. The molecule has 2 rings (SSSR count). The number of thiophene rings is 1. The van der Waals surface area contributed by atoms with E-state index >= 15 is 0 Å². The van der Waals surface area contributed by atoms with Gasteiger partial charge in [-0.05, 0) is 30.8 Å². The van der Waals surface area contributed by atoms with E-state index in [1.54, 1.807) is 6.07 Å². The van der Waals surface area contributed by atoms with Gasteiger partial charge in [0.25, 0.3) is 0 Å². The van der Waals surface area contributed by atoms with Gasteiger partial charge in [-0.15, -0.1) is 11.3 Å². The summed E-state index contributed by atoms with van der Waals surface area (Å²) in [5.41, 5.74) is 0.959. The van der Waals surface area contributed by atoms with Gasteiger partial charge in [0.1, 0.15) is 0 Å². The Balaban J connectivity index is 2.45. The van der Waals surface area contributed by atoms with E-state index in [-0.39, 0.29) is 6.04 Å². The average molecular weight is 307 g/mol. The maximum atomic E-state index is 6.22. The van der Waals surface area contributed by atoms with Crippen molar-refractivity contribution in [1.29, 1.82) is 0 Å². The average Bonchev–Trinajstić information content (AvgIpc) is 2.72. The number of halogens is 3. The molecule has 2 aromatic rings. The van der Waals surface area contributed by atoms with Crippen LogP contribution in [0, 0.1) is 0 Å². The summed E-state index contributed by atoms with van der Waals surface area (Å²) in [5.74, 6) is 0. The molecular formula is C12H10Cl3NS. The summed E-state index contributed by atoms with van der Waals surface area (Å²) in [6.07, 6.45) is 0. The molecule has 0 aliphatic rings. The molecule has 90 valence electrons. The van der Waals surface area contributed by atoms with Crippen molar-refractivity contribution < 1.29 is 0 Å². The van der Waals surface area contributed by atoms with Gasteiger partial charge in [0.15, 0.2) is 0 Å². The van der Waals surface area contributed by atoms with Crippen molar-refractivity contribution in [3.63, 3.8) is 0 Å². The summed E-state index contributed by atoms with van der Waals surface area (Å²) in [7, 11) is 1.88. The van der Waals surface area contributed by atoms with Gasteiger partial charge >= 0.3 is 0 Å². The molecule has 0 saturated carbocycles. The van der Waals surface area contributed by atoms with Gasteiger partial charge in [-0.25, -0.2) is 0 Å². The number of rotatable bonds is 3. The fourth-order valence-electron chi connectivity index (χ4n) is 1.68. The van der Waals surface area contributed by atoms with E-state index in [0.29, 0.717) is 10.0 Å². The summed E-state index contributed by atoms with van der Waals surface area (Å²) in [5, 5.41) is 4.37. The lowest BCUT2D eigenvalue weighted by atomic mass is 10.1. The van der Waals surface area contributed by atoms with Crippen LogP contribution in [-0.2, 0) is 0 Å². The molecule has 0 amide bonds. The lowest BCUT2D eigenvalue weighted by Gasteiger charge is -2.17. The SMILES string of the molecule is CNC(c1ccc(Cl)s1)c1cccc(Cl)c1Cl. The number of hydrogen-bond acceptors (Lipinski definition) is 2. The van der Waals surface area contributed by atoms with Crippen molar-refractivity contribution in [2.45, 2.75) is 6.04 Å². The predicted molar refractivity (Wildman–Crippen MR) is 76.7 cm³/mol. The van der Waals surface area contributed by atoms with E-state index in [2.05, 4.69) is 5.32 Å². The smallest absolute Gasteiger partial charge is 0.0931 e. The number of benzene rings is 1. The first kappa shape index (κ1) is 13.2. The molecule has 0 aliphatic carbocycles. The number of nitrogens with one attached hydrogen (secondary N) is 1. The lowest BCUT2D eigenvalue weighted by molar-refractivity contribution is 0.704. The third-order valence-electron chi connectivity index (χ3n) is 2.46. The Morgan fingerprint density at radius 3 is 2.47 bits per heavy atom. The monoisotopic (exact) mass is 305 g/mol. The first-order valence-electron chi connectivity index (χ1n) is 5.00. The summed E-state index contributed by atoms with van der Waals surface area (Å²) in [6, 6.07) is 9.52. The topological polar surface area (TPSA) is 12.0 Å². The summed E-state index contributed by atoms with van der Waals surface area (Å²) in [6.45, 7) is 0. The van der Waals surface area contributed by atoms with Gasteiger partial charge in [-0.3, -0.25) is 0 Å². The highest BCUT2D eigenvalue weighted by atomic mass is 35.5. The minimum atomic E-state index is 0.0127. The maximum Gasteiger partial charge on any atom is 0.0931 e. The minimum Gasteiger partial charge on any atom is -0.309 e. The Morgan fingerprint density at radius 1 is 1.12 bits per heavy atom. The summed E-state index contributed by atoms with van der Waals surface area (Å²) in [4.78, 5) is 1.11. The molecule has 1 atom stereocenters. The molecule has 1 nitrogen and oxygen atoms in total. The van der Waals surface area contributed by atoms with Gasteiger partial charge in [0.2, 0.25) is 0 Å². The maximum absolute atomic E-state index is 6.22. The Labute approximate surface area is 119 Å². The molecule has 5 heteroatoms. The van der Waals surface area contributed by atoms with Crippen LogP contribution in [-0.4, -0.2) is 7.05 Å². The fraction of sp³-hybridized carbons (Fsp3) is 0.167. The van der Waals surface area contributed by atoms with Crippen LogP contribution < -0.4 is 5.32 Å². The van der Waals surface area contributed by atoms with Gasteiger partial charge in [0, 0.05) is 4.88 Å². The highest BCUT2D eigenvalue weighted by Gasteiger charge is 2.18. The van der Waals surface area contributed by atoms with Crippen LogP contribution in [0.4, 0.5) is 0 Å². The Morgan fingerprint density at radius 2 is 1.88 bits per heavy atom. The van der Waals surface area contributed by atoms with Gasteiger partial charge in [0.05, 0.1) is 20.4 Å². The van der Waals surface area contributed by atoms with Crippen molar-refractivity contribution >= 4 is 46.1 Å². The Bertz CT molecular complexity index is 524. The van der Waals surface area contributed by atoms with Crippen molar-refractivity contribution in [1.82, 2.24) is 5.32 Å². The van der Waals surface area contributed by atoms with Crippen LogP contribution in [0.1, 0.15) is 16.5 Å². The standard InChI is InChI=1S/C12H10Cl3NS/c1-16-12(9-5-6-10(14)17-9)7-3-2-4-8(13)11(7)15/h2-6,12,16H,1H3. The minimum absolute atomic E-state index is 0.0127. The Kier molecular flexibility index (Phi) is 4.34. The van der Waals surface area contributed by atoms with E-state index < -0.39 is 0 Å². The lowest BCUT2D eigenvalue weighted by Crippen LogP contribution is -2.16. The first-order valence-corrected chi connectivity index (χ1v) is 6.95. The molecule has 0 spiro atoms. The van der Waals surface area contributed by atoms with Crippen molar-refractivity contribution in [2.75, 3.05) is 7.05 Å². The van der Waals surface area contributed by atoms with E-state index in [1.165, 1.54) is 11.3 Å². The molecule has 0 aliphatic heterocycles. The van der Waals surface area contributed by atoms with E-state index in [1.807, 2.05) is 31.3 Å². The second-order valence-electron chi connectivity index (χ2n) is 3.51. The predicted octanol–water partition coefficient (Wildman–Crippen LogP) is 5.02. The molecule has 1 aromatic heterocycles. The summed E-state index contributed by atoms with van der Waals surface area (Å²) < 4.78 is 0.762. The molecule has 0 fully saturated rings. The van der Waals surface area contributed by atoms with Crippen LogP contribution in [0.2, 0.25) is 14.4 Å². The molecule has 0 saturated heterocycles. The van der Waals surface area contributed by atoms with Crippen molar-refractivity contribution in [3.8, 4) is 0 Å². The molecule has 17 heavy (non-hydrogen) atoms. The number of hydrogen-bond donors (Lipinski definition) is 1. The van der Waals surface area contributed by atoms with E-state index in [9.17, 15) is 0 Å². The highest BCUT2D eigenvalue weighted by Crippen LogP contribution is 2.36. The molecule has 1 N–H and O–H groups in total. The molecule has 1 heterocycles. The van der Waals surface area contributed by atoms with Crippen LogP contribution >= 0.6 is 46.1 Å². The van der Waals surface area contributed by atoms with Gasteiger partial charge in [-0.1, -0.05) is 46.9 Å². The second kappa shape index (κ2) is 5.59. The molecule has 1 unspecified atom stereocenters. The van der Waals surface area contributed by atoms with Crippen LogP contribution in [0.5, 0.6) is 0 Å². The zero-order valence-corrected chi connectivity index (χ0v) is 12.1. The third kappa shape index (κ3) is 2.78. The quantitative estimate of drug-likeness (QED) is 0.840. The first-order chi connectivity index (χ1) is 8.13. The zero-order chi connectivity index (χ0) is 12.4. The summed E-state index contributed by atoms with van der Waals surface area (Å²) >= 11 is 19.7. The Hall–Kier alpha value is -0.250. The van der Waals surface area contributed by atoms with Gasteiger partial charge in [-0.2, -0.15) is 0 Å². The third-order valence-corrected chi connectivity index (χ3v) is 4.59. The molecule has 0 bridgehead atoms.